The van der Waals surface area contributed by atoms with Crippen molar-refractivity contribution in [3.05, 3.63) is 18.6 Å². The Labute approximate surface area is 68.4 Å². The predicted molar refractivity (Wildman–Crippen MR) is 38.1 cm³/mol. The van der Waals surface area contributed by atoms with Crippen molar-refractivity contribution in [1.29, 1.82) is 0 Å². The molecule has 0 amide bonds. The lowest BCUT2D eigenvalue weighted by atomic mass is 10.4. The molecule has 0 fully saturated rings. The minimum atomic E-state index is -2.84. The molecule has 0 bridgehead atoms. The zero-order valence-corrected chi connectivity index (χ0v) is 6.50. The largest absolute Gasteiger partial charge is 0.470 e. The molecule has 0 aromatic carbocycles. The van der Waals surface area contributed by atoms with Gasteiger partial charge in [-0.15, -0.1) is 0 Å². The lowest BCUT2D eigenvalue weighted by molar-refractivity contribution is -0.0243. The predicted octanol–water partition coefficient (Wildman–Crippen LogP) is 1.51. The first-order valence-corrected chi connectivity index (χ1v) is 3.34. The summed E-state index contributed by atoms with van der Waals surface area (Å²) in [6.45, 7) is 0.106. The van der Waals surface area contributed by atoms with E-state index in [0.717, 1.165) is 6.92 Å². The van der Waals surface area contributed by atoms with Crippen molar-refractivity contribution >= 4 is 0 Å². The van der Waals surface area contributed by atoms with Crippen molar-refractivity contribution < 1.29 is 13.5 Å². The molecule has 0 aliphatic heterocycles. The highest BCUT2D eigenvalue weighted by molar-refractivity contribution is 5.01. The van der Waals surface area contributed by atoms with E-state index in [1.807, 2.05) is 0 Å². The number of halogens is 2. The van der Waals surface area contributed by atoms with Gasteiger partial charge in [0.25, 0.3) is 5.92 Å². The monoisotopic (exact) mass is 174 g/mol. The molecule has 0 spiro atoms. The Morgan fingerprint density at radius 3 is 2.75 bits per heavy atom. The molecule has 0 atom stereocenters. The summed E-state index contributed by atoms with van der Waals surface area (Å²) in [4.78, 5) is 7.32. The molecule has 0 radical (unpaired) electrons. The fourth-order valence-electron chi connectivity index (χ4n) is 0.561. The van der Waals surface area contributed by atoms with Crippen LogP contribution in [0.2, 0.25) is 0 Å². The Morgan fingerprint density at radius 2 is 2.25 bits per heavy atom. The summed E-state index contributed by atoms with van der Waals surface area (Å²) < 4.78 is 29.1. The highest BCUT2D eigenvalue weighted by Gasteiger charge is 2.22. The van der Waals surface area contributed by atoms with Gasteiger partial charge in [-0.2, -0.15) is 0 Å². The summed E-state index contributed by atoms with van der Waals surface area (Å²) in [6, 6.07) is 0. The van der Waals surface area contributed by atoms with Gasteiger partial charge in [0.1, 0.15) is 0 Å². The van der Waals surface area contributed by atoms with Gasteiger partial charge in [0, 0.05) is 19.3 Å². The summed E-state index contributed by atoms with van der Waals surface area (Å²) in [5, 5.41) is 0. The van der Waals surface area contributed by atoms with Gasteiger partial charge in [-0.25, -0.2) is 13.8 Å². The summed E-state index contributed by atoms with van der Waals surface area (Å²) in [5.41, 5.74) is 0. The van der Waals surface area contributed by atoms with E-state index in [1.165, 1.54) is 18.6 Å². The van der Waals surface area contributed by atoms with Crippen LogP contribution >= 0.6 is 0 Å². The fraction of sp³-hybridized carbons (Fsp3) is 0.429. The van der Waals surface area contributed by atoms with E-state index >= 15 is 0 Å². The molecule has 5 heteroatoms. The number of aromatic nitrogens is 2. The lowest BCUT2D eigenvalue weighted by Gasteiger charge is -2.10. The van der Waals surface area contributed by atoms with Crippen molar-refractivity contribution in [3.63, 3.8) is 0 Å². The minimum Gasteiger partial charge on any atom is -0.470 e. The van der Waals surface area contributed by atoms with Gasteiger partial charge in [0.05, 0.1) is 6.20 Å². The van der Waals surface area contributed by atoms with Crippen LogP contribution in [-0.4, -0.2) is 22.5 Å². The van der Waals surface area contributed by atoms with Gasteiger partial charge in [-0.3, -0.25) is 4.98 Å². The third-order valence-electron chi connectivity index (χ3n) is 1.01. The molecule has 0 saturated heterocycles. The molecule has 0 aliphatic carbocycles. The second-order valence-electron chi connectivity index (χ2n) is 2.40. The Hall–Kier alpha value is -1.26. The number of hydrogen-bond donors (Lipinski definition) is 0. The number of rotatable bonds is 3. The zero-order chi connectivity index (χ0) is 9.03. The van der Waals surface area contributed by atoms with Crippen molar-refractivity contribution in [2.45, 2.75) is 12.8 Å². The van der Waals surface area contributed by atoms with Crippen molar-refractivity contribution in [2.75, 3.05) is 6.61 Å². The minimum absolute atomic E-state index is 0.110. The topological polar surface area (TPSA) is 35.0 Å². The molecule has 1 aromatic heterocycles. The van der Waals surface area contributed by atoms with Crippen molar-refractivity contribution in [1.82, 2.24) is 9.97 Å². The second kappa shape index (κ2) is 3.42. The van der Waals surface area contributed by atoms with Crippen LogP contribution in [0.4, 0.5) is 8.78 Å². The van der Waals surface area contributed by atoms with Gasteiger partial charge < -0.3 is 4.74 Å². The molecule has 12 heavy (non-hydrogen) atoms. The van der Waals surface area contributed by atoms with Gasteiger partial charge in [0.15, 0.2) is 6.61 Å². The number of alkyl halides is 2. The van der Waals surface area contributed by atoms with Crippen LogP contribution in [0.25, 0.3) is 0 Å². The first-order valence-electron chi connectivity index (χ1n) is 3.34. The van der Waals surface area contributed by atoms with Gasteiger partial charge in [0.2, 0.25) is 5.88 Å². The first kappa shape index (κ1) is 8.83. The maximum atomic E-state index is 12.2. The van der Waals surface area contributed by atoms with Gasteiger partial charge >= 0.3 is 0 Å². The van der Waals surface area contributed by atoms with Crippen molar-refractivity contribution in [2.24, 2.45) is 0 Å². The molecule has 0 saturated carbocycles. The average molecular weight is 174 g/mol. The van der Waals surface area contributed by atoms with Crippen LogP contribution in [0.5, 0.6) is 5.88 Å². The molecule has 1 heterocycles. The molecular weight excluding hydrogens is 166 g/mol. The normalized spacial score (nSPS) is 11.2. The van der Waals surface area contributed by atoms with E-state index in [-0.39, 0.29) is 5.88 Å². The summed E-state index contributed by atoms with van der Waals surface area (Å²) in [6.07, 6.45) is 4.10. The number of hydrogen-bond acceptors (Lipinski definition) is 3. The molecule has 1 rings (SSSR count). The molecule has 0 unspecified atom stereocenters. The Bertz CT molecular complexity index is 235. The Morgan fingerprint density at radius 1 is 1.50 bits per heavy atom. The van der Waals surface area contributed by atoms with Crippen LogP contribution in [0.3, 0.4) is 0 Å². The van der Waals surface area contributed by atoms with E-state index in [0.29, 0.717) is 0 Å². The third-order valence-corrected chi connectivity index (χ3v) is 1.01. The maximum absolute atomic E-state index is 12.2. The van der Waals surface area contributed by atoms with Crippen LogP contribution in [0, 0.1) is 0 Å². The van der Waals surface area contributed by atoms with E-state index in [1.54, 1.807) is 0 Å². The fourth-order valence-corrected chi connectivity index (χ4v) is 0.561. The van der Waals surface area contributed by atoms with Crippen LogP contribution in [0.15, 0.2) is 18.6 Å². The SMILES string of the molecule is CC(F)(F)COc1cnccn1. The lowest BCUT2D eigenvalue weighted by Crippen LogP contribution is -2.21. The third kappa shape index (κ3) is 3.23. The summed E-state index contributed by atoms with van der Waals surface area (Å²) >= 11 is 0. The van der Waals surface area contributed by atoms with E-state index in [4.69, 9.17) is 0 Å². The Balaban J connectivity index is 2.44. The molecule has 1 aromatic rings. The molecule has 0 N–H and O–H groups in total. The molecule has 66 valence electrons. The summed E-state index contributed by atoms with van der Waals surface area (Å²) in [5.74, 6) is -2.73. The second-order valence-corrected chi connectivity index (χ2v) is 2.40. The quantitative estimate of drug-likeness (QED) is 0.696. The number of ether oxygens (including phenoxy) is 1. The number of nitrogens with zero attached hydrogens (tertiary/aromatic N) is 2. The van der Waals surface area contributed by atoms with Crippen molar-refractivity contribution in [3.8, 4) is 5.88 Å². The zero-order valence-electron chi connectivity index (χ0n) is 6.50. The smallest absolute Gasteiger partial charge is 0.278 e. The molecule has 3 nitrogen and oxygen atoms in total. The van der Waals surface area contributed by atoms with Crippen LogP contribution < -0.4 is 4.74 Å². The highest BCUT2D eigenvalue weighted by Crippen LogP contribution is 2.13. The summed E-state index contributed by atoms with van der Waals surface area (Å²) in [7, 11) is 0. The van der Waals surface area contributed by atoms with E-state index in [9.17, 15) is 8.78 Å². The van der Waals surface area contributed by atoms with Gasteiger partial charge in [-0.1, -0.05) is 0 Å². The van der Waals surface area contributed by atoms with E-state index in [2.05, 4.69) is 14.7 Å². The maximum Gasteiger partial charge on any atom is 0.278 e. The highest BCUT2D eigenvalue weighted by atomic mass is 19.3. The van der Waals surface area contributed by atoms with E-state index < -0.39 is 12.5 Å². The first-order chi connectivity index (χ1) is 5.58. The van der Waals surface area contributed by atoms with Crippen LogP contribution in [0.1, 0.15) is 6.92 Å². The standard InChI is InChI=1S/C7H8F2N2O/c1-7(8,9)5-12-6-4-10-2-3-11-6/h2-4H,5H2,1H3. The Kier molecular flexibility index (Phi) is 2.52. The molecular formula is C7H8F2N2O. The van der Waals surface area contributed by atoms with Crippen LogP contribution in [-0.2, 0) is 0 Å². The van der Waals surface area contributed by atoms with Gasteiger partial charge in [-0.05, 0) is 0 Å². The average Bonchev–Trinajstić information content (AvgIpc) is 2.02. The molecule has 0 aliphatic rings.